The lowest BCUT2D eigenvalue weighted by Gasteiger charge is -2.42. The molecule has 0 saturated carbocycles. The first-order valence-electron chi connectivity index (χ1n) is 6.48. The second-order valence-electron chi connectivity index (χ2n) is 5.30. The zero-order chi connectivity index (χ0) is 14.9. The molecule has 1 unspecified atom stereocenters. The van der Waals surface area contributed by atoms with E-state index < -0.39 is 16.4 Å². The lowest BCUT2D eigenvalue weighted by Crippen LogP contribution is -2.55. The van der Waals surface area contributed by atoms with E-state index >= 15 is 0 Å². The highest BCUT2D eigenvalue weighted by atomic mass is 16.6. The predicted molar refractivity (Wildman–Crippen MR) is 72.9 cm³/mol. The van der Waals surface area contributed by atoms with Crippen molar-refractivity contribution in [2.24, 2.45) is 0 Å². The number of aliphatic carboxylic acids is 1. The normalized spacial score (nSPS) is 22.6. The zero-order valence-corrected chi connectivity index (χ0v) is 11.5. The smallest absolute Gasteiger partial charge is 0.329 e. The molecule has 0 spiro atoms. The van der Waals surface area contributed by atoms with Gasteiger partial charge in [0.15, 0.2) is 0 Å². The summed E-state index contributed by atoms with van der Waals surface area (Å²) in [7, 11) is 0. The molecule has 108 valence electrons. The van der Waals surface area contributed by atoms with Crippen LogP contribution in [0.1, 0.15) is 31.7 Å². The van der Waals surface area contributed by atoms with Gasteiger partial charge < -0.3 is 10.0 Å². The first kappa shape index (κ1) is 14.2. The summed E-state index contributed by atoms with van der Waals surface area (Å²) in [5.74, 6) is -0.834. The summed E-state index contributed by atoms with van der Waals surface area (Å²) in [6.45, 7) is 3.77. The summed E-state index contributed by atoms with van der Waals surface area (Å²) in [5.41, 5.74) is -0.612. The fourth-order valence-electron chi connectivity index (χ4n) is 2.57. The number of piperidine rings is 1. The minimum atomic E-state index is -1.15. The first-order chi connectivity index (χ1) is 9.36. The Morgan fingerprint density at radius 2 is 2.25 bits per heavy atom. The van der Waals surface area contributed by atoms with Crippen molar-refractivity contribution in [1.29, 1.82) is 0 Å². The number of rotatable bonds is 3. The Kier molecular flexibility index (Phi) is 3.61. The molecule has 2 heterocycles. The maximum atomic E-state index is 11.6. The summed E-state index contributed by atoms with van der Waals surface area (Å²) in [6.07, 6.45) is 3.57. The number of pyridine rings is 1. The number of aryl methyl sites for hydroxylation is 1. The van der Waals surface area contributed by atoms with Crippen molar-refractivity contribution in [2.75, 3.05) is 11.4 Å². The number of carbonyl (C=O) groups is 1. The van der Waals surface area contributed by atoms with Crippen LogP contribution in [-0.4, -0.2) is 33.1 Å². The van der Waals surface area contributed by atoms with Gasteiger partial charge in [0, 0.05) is 18.8 Å². The van der Waals surface area contributed by atoms with Crippen LogP contribution in [-0.2, 0) is 4.79 Å². The number of nitrogens with zero attached hydrogens (tertiary/aromatic N) is 3. The molecule has 7 heteroatoms. The number of hydrogen-bond acceptors (Lipinski definition) is 5. The summed E-state index contributed by atoms with van der Waals surface area (Å²) < 4.78 is 0. The summed E-state index contributed by atoms with van der Waals surface area (Å²) in [6, 6.07) is 1.43. The molecule has 1 aromatic rings. The fourth-order valence-corrected chi connectivity index (χ4v) is 2.57. The Bertz CT molecular complexity index is 561. The van der Waals surface area contributed by atoms with E-state index in [4.69, 9.17) is 0 Å². The Hall–Kier alpha value is -2.18. The predicted octanol–water partition coefficient (Wildman–Crippen LogP) is 2.13. The molecule has 1 saturated heterocycles. The number of hydrogen-bond donors (Lipinski definition) is 1. The lowest BCUT2D eigenvalue weighted by molar-refractivity contribution is -0.384. The van der Waals surface area contributed by atoms with Gasteiger partial charge in [0.25, 0.3) is 0 Å². The van der Waals surface area contributed by atoms with Crippen LogP contribution in [0.5, 0.6) is 0 Å². The van der Waals surface area contributed by atoms with E-state index in [2.05, 4.69) is 4.98 Å². The molecule has 0 aliphatic carbocycles. The van der Waals surface area contributed by atoms with Crippen LogP contribution in [0, 0.1) is 17.0 Å². The molecule has 0 radical (unpaired) electrons. The summed E-state index contributed by atoms with van der Waals surface area (Å²) >= 11 is 0. The number of anilines is 1. The van der Waals surface area contributed by atoms with Crippen molar-refractivity contribution in [3.8, 4) is 0 Å². The molecule has 1 aromatic heterocycles. The van der Waals surface area contributed by atoms with E-state index in [1.54, 1.807) is 18.7 Å². The zero-order valence-electron chi connectivity index (χ0n) is 11.5. The van der Waals surface area contributed by atoms with E-state index in [9.17, 15) is 20.0 Å². The molecule has 0 bridgehead atoms. The minimum Gasteiger partial charge on any atom is -0.480 e. The maximum Gasteiger partial charge on any atom is 0.329 e. The quantitative estimate of drug-likeness (QED) is 0.672. The number of aromatic nitrogens is 1. The van der Waals surface area contributed by atoms with E-state index in [0.29, 0.717) is 18.5 Å². The third kappa shape index (κ3) is 2.31. The van der Waals surface area contributed by atoms with Crippen molar-refractivity contribution in [2.45, 2.75) is 38.6 Å². The summed E-state index contributed by atoms with van der Waals surface area (Å²) in [4.78, 5) is 27.9. The molecular formula is C13H17N3O4. The van der Waals surface area contributed by atoms with Gasteiger partial charge in [-0.05, 0) is 38.7 Å². The third-order valence-electron chi connectivity index (χ3n) is 3.79. The van der Waals surface area contributed by atoms with Crippen molar-refractivity contribution in [3.63, 3.8) is 0 Å². The molecule has 1 aliphatic heterocycles. The van der Waals surface area contributed by atoms with Gasteiger partial charge in [-0.25, -0.2) is 9.78 Å². The van der Waals surface area contributed by atoms with Crippen LogP contribution < -0.4 is 4.90 Å². The van der Waals surface area contributed by atoms with Crippen molar-refractivity contribution in [3.05, 3.63) is 27.9 Å². The topological polar surface area (TPSA) is 96.6 Å². The van der Waals surface area contributed by atoms with Gasteiger partial charge >= 0.3 is 11.7 Å². The van der Waals surface area contributed by atoms with E-state index in [1.807, 2.05) is 0 Å². The molecule has 0 amide bonds. The fraction of sp³-hybridized carbons (Fsp3) is 0.538. The van der Waals surface area contributed by atoms with Crippen molar-refractivity contribution < 1.29 is 14.8 Å². The van der Waals surface area contributed by atoms with E-state index in [0.717, 1.165) is 12.8 Å². The highest BCUT2D eigenvalue weighted by molar-refractivity contribution is 5.84. The van der Waals surface area contributed by atoms with Crippen LogP contribution in [0.25, 0.3) is 0 Å². The van der Waals surface area contributed by atoms with Gasteiger partial charge in [0.05, 0.1) is 4.92 Å². The third-order valence-corrected chi connectivity index (χ3v) is 3.79. The SMILES string of the molecule is Cc1cnc(N2CCCCC2(C)C(=O)O)c([N+](=O)[O-])c1. The Balaban J connectivity index is 2.53. The number of carboxylic acids is 1. The van der Waals surface area contributed by atoms with Gasteiger partial charge in [0.1, 0.15) is 5.54 Å². The molecular weight excluding hydrogens is 262 g/mol. The summed E-state index contributed by atoms with van der Waals surface area (Å²) in [5, 5.41) is 20.7. The van der Waals surface area contributed by atoms with Crippen LogP contribution in [0.4, 0.5) is 11.5 Å². The first-order valence-corrected chi connectivity index (χ1v) is 6.48. The molecule has 1 atom stereocenters. The van der Waals surface area contributed by atoms with Crippen LogP contribution >= 0.6 is 0 Å². The number of nitro groups is 1. The van der Waals surface area contributed by atoms with Gasteiger partial charge in [0.2, 0.25) is 5.82 Å². The molecule has 1 fully saturated rings. The molecule has 1 N–H and O–H groups in total. The average Bonchev–Trinajstić information content (AvgIpc) is 2.39. The monoisotopic (exact) mass is 279 g/mol. The second-order valence-corrected chi connectivity index (χ2v) is 5.30. The largest absolute Gasteiger partial charge is 0.480 e. The van der Waals surface area contributed by atoms with Crippen LogP contribution in [0.15, 0.2) is 12.3 Å². The Morgan fingerprint density at radius 1 is 1.55 bits per heavy atom. The lowest BCUT2D eigenvalue weighted by atomic mass is 9.88. The van der Waals surface area contributed by atoms with Gasteiger partial charge in [-0.3, -0.25) is 10.1 Å². The molecule has 0 aromatic carbocycles. The molecule has 7 nitrogen and oxygen atoms in total. The second kappa shape index (κ2) is 5.07. The van der Waals surface area contributed by atoms with E-state index in [1.165, 1.54) is 12.3 Å². The average molecular weight is 279 g/mol. The molecule has 1 aliphatic rings. The van der Waals surface area contributed by atoms with Crippen LogP contribution in [0.2, 0.25) is 0 Å². The van der Waals surface area contributed by atoms with Crippen molar-refractivity contribution >= 4 is 17.5 Å². The Labute approximate surface area is 116 Å². The minimum absolute atomic E-state index is 0.139. The van der Waals surface area contributed by atoms with Crippen molar-refractivity contribution in [1.82, 2.24) is 4.98 Å². The number of carboxylic acid groups (broad SMARTS) is 1. The molecule has 20 heavy (non-hydrogen) atoms. The standard InChI is InChI=1S/C13H17N3O4/c1-9-7-10(16(19)20)11(14-8-9)15-6-4-3-5-13(15,2)12(17)18/h7-8H,3-6H2,1-2H3,(H,17,18). The van der Waals surface area contributed by atoms with Gasteiger partial charge in [-0.15, -0.1) is 0 Å². The van der Waals surface area contributed by atoms with Crippen LogP contribution in [0.3, 0.4) is 0 Å². The molecule has 2 rings (SSSR count). The highest BCUT2D eigenvalue weighted by Crippen LogP contribution is 2.36. The maximum absolute atomic E-state index is 11.6. The van der Waals surface area contributed by atoms with Gasteiger partial charge in [-0.1, -0.05) is 0 Å². The Morgan fingerprint density at radius 3 is 2.85 bits per heavy atom. The van der Waals surface area contributed by atoms with Gasteiger partial charge in [-0.2, -0.15) is 0 Å². The highest BCUT2D eigenvalue weighted by Gasteiger charge is 2.44. The van der Waals surface area contributed by atoms with E-state index in [-0.39, 0.29) is 11.5 Å².